The molecule has 2 amide bonds. The number of amides is 2. The molecule has 2 aromatic rings. The number of nitrogens with zero attached hydrogens (tertiary/aromatic N) is 2. The first kappa shape index (κ1) is 13.1. The zero-order valence-corrected chi connectivity index (χ0v) is 10.7. The number of benzene rings is 1. The van der Waals surface area contributed by atoms with Gasteiger partial charge in [0.2, 0.25) is 11.8 Å². The van der Waals surface area contributed by atoms with Crippen LogP contribution in [0.15, 0.2) is 30.5 Å². The number of hydrogen-bond acceptors (Lipinski definition) is 3. The molecule has 0 fully saturated rings. The predicted octanol–water partition coefficient (Wildman–Crippen LogP) is 0.289. The van der Waals surface area contributed by atoms with Gasteiger partial charge in [-0.2, -0.15) is 5.10 Å². The van der Waals surface area contributed by atoms with E-state index in [-0.39, 0.29) is 18.4 Å². The van der Waals surface area contributed by atoms with Crippen molar-refractivity contribution in [2.45, 2.75) is 13.0 Å². The van der Waals surface area contributed by atoms with Gasteiger partial charge in [0.1, 0.15) is 0 Å². The van der Waals surface area contributed by atoms with Gasteiger partial charge in [-0.1, -0.05) is 18.2 Å². The number of aryl methyl sites for hydroxylation is 1. The second-order valence-electron chi connectivity index (χ2n) is 4.13. The van der Waals surface area contributed by atoms with Crippen LogP contribution < -0.4 is 10.6 Å². The van der Waals surface area contributed by atoms with Gasteiger partial charge in [-0.3, -0.25) is 14.3 Å². The highest BCUT2D eigenvalue weighted by molar-refractivity contribution is 5.84. The van der Waals surface area contributed by atoms with Crippen molar-refractivity contribution < 1.29 is 9.59 Å². The van der Waals surface area contributed by atoms with E-state index in [1.165, 1.54) is 7.05 Å². The largest absolute Gasteiger partial charge is 0.358 e. The molecule has 0 bridgehead atoms. The summed E-state index contributed by atoms with van der Waals surface area (Å²) < 4.78 is 1.79. The first-order chi connectivity index (χ1) is 9.20. The summed E-state index contributed by atoms with van der Waals surface area (Å²) in [7, 11) is 1.53. The van der Waals surface area contributed by atoms with Gasteiger partial charge in [0, 0.05) is 18.9 Å². The summed E-state index contributed by atoms with van der Waals surface area (Å²) in [5.74, 6) is -0.374. The van der Waals surface area contributed by atoms with Crippen molar-refractivity contribution in [3.8, 4) is 0 Å². The van der Waals surface area contributed by atoms with Gasteiger partial charge in [-0.05, 0) is 6.07 Å². The SMILES string of the molecule is CNC(=O)CNC(=O)CCn1ncc2ccccc21. The van der Waals surface area contributed by atoms with Gasteiger partial charge in [0.05, 0.1) is 24.8 Å². The summed E-state index contributed by atoms with van der Waals surface area (Å²) in [6.07, 6.45) is 2.07. The second kappa shape index (κ2) is 5.99. The Kier molecular flexibility index (Phi) is 4.12. The highest BCUT2D eigenvalue weighted by Crippen LogP contribution is 2.12. The van der Waals surface area contributed by atoms with E-state index >= 15 is 0 Å². The molecule has 1 aromatic heterocycles. The molecule has 1 aromatic carbocycles. The number of aromatic nitrogens is 2. The summed E-state index contributed by atoms with van der Waals surface area (Å²) in [6.45, 7) is 0.502. The van der Waals surface area contributed by atoms with Gasteiger partial charge in [-0.25, -0.2) is 0 Å². The van der Waals surface area contributed by atoms with Crippen LogP contribution in [0.4, 0.5) is 0 Å². The van der Waals surface area contributed by atoms with Crippen LogP contribution in [-0.2, 0) is 16.1 Å². The number of nitrogens with one attached hydrogen (secondary N) is 2. The topological polar surface area (TPSA) is 76.0 Å². The number of carbonyl (C=O) groups is 2. The van der Waals surface area contributed by atoms with Crippen LogP contribution in [0.5, 0.6) is 0 Å². The molecule has 0 radical (unpaired) electrons. The average molecular weight is 260 g/mol. The Morgan fingerprint density at radius 3 is 2.84 bits per heavy atom. The number of hydrogen-bond donors (Lipinski definition) is 2. The van der Waals surface area contributed by atoms with Gasteiger partial charge in [0.25, 0.3) is 0 Å². The Bertz CT molecular complexity index is 591. The van der Waals surface area contributed by atoms with E-state index < -0.39 is 0 Å². The zero-order chi connectivity index (χ0) is 13.7. The third kappa shape index (κ3) is 3.31. The van der Waals surface area contributed by atoms with Crippen LogP contribution >= 0.6 is 0 Å². The van der Waals surface area contributed by atoms with Crippen molar-refractivity contribution in [2.24, 2.45) is 0 Å². The van der Waals surface area contributed by atoms with E-state index in [2.05, 4.69) is 15.7 Å². The van der Waals surface area contributed by atoms with Crippen LogP contribution in [0.3, 0.4) is 0 Å². The number of likely N-dealkylation sites (N-methyl/N-ethyl adjacent to an activating group) is 1. The molecule has 2 N–H and O–H groups in total. The molecule has 0 aliphatic heterocycles. The maximum atomic E-state index is 11.6. The van der Waals surface area contributed by atoms with Crippen molar-refractivity contribution in [3.63, 3.8) is 0 Å². The summed E-state index contributed by atoms with van der Waals surface area (Å²) in [5.41, 5.74) is 1.00. The van der Waals surface area contributed by atoms with E-state index in [1.807, 2.05) is 24.3 Å². The van der Waals surface area contributed by atoms with E-state index in [0.717, 1.165) is 10.9 Å². The highest BCUT2D eigenvalue weighted by Gasteiger charge is 2.06. The molecule has 2 rings (SSSR count). The van der Waals surface area contributed by atoms with Crippen LogP contribution in [-0.4, -0.2) is 35.2 Å². The Hall–Kier alpha value is -2.37. The maximum Gasteiger partial charge on any atom is 0.239 e. The third-order valence-corrected chi connectivity index (χ3v) is 2.83. The van der Waals surface area contributed by atoms with Crippen LogP contribution in [0, 0.1) is 0 Å². The fraction of sp³-hybridized carbons (Fsp3) is 0.308. The molecule has 0 spiro atoms. The number of carbonyl (C=O) groups excluding carboxylic acids is 2. The molecular weight excluding hydrogens is 244 g/mol. The molecule has 0 saturated carbocycles. The Morgan fingerprint density at radius 1 is 1.26 bits per heavy atom. The van der Waals surface area contributed by atoms with Gasteiger partial charge >= 0.3 is 0 Å². The Morgan fingerprint density at radius 2 is 2.05 bits per heavy atom. The van der Waals surface area contributed by atoms with Gasteiger partial charge < -0.3 is 10.6 Å². The average Bonchev–Trinajstić information content (AvgIpc) is 2.85. The summed E-state index contributed by atoms with van der Waals surface area (Å²) in [4.78, 5) is 22.5. The van der Waals surface area contributed by atoms with Crippen LogP contribution in [0.2, 0.25) is 0 Å². The molecule has 1 heterocycles. The Labute approximate surface area is 110 Å². The fourth-order valence-electron chi connectivity index (χ4n) is 1.77. The molecule has 0 unspecified atom stereocenters. The molecule has 0 atom stereocenters. The third-order valence-electron chi connectivity index (χ3n) is 2.83. The summed E-state index contributed by atoms with van der Waals surface area (Å²) in [6, 6.07) is 7.83. The lowest BCUT2D eigenvalue weighted by Gasteiger charge is -2.05. The van der Waals surface area contributed by atoms with Crippen LogP contribution in [0.25, 0.3) is 10.9 Å². The maximum absolute atomic E-state index is 11.6. The second-order valence-corrected chi connectivity index (χ2v) is 4.13. The lowest BCUT2D eigenvalue weighted by Crippen LogP contribution is -2.35. The molecule has 6 nitrogen and oxygen atoms in total. The normalized spacial score (nSPS) is 10.4. The smallest absolute Gasteiger partial charge is 0.239 e. The first-order valence-corrected chi connectivity index (χ1v) is 6.08. The van der Waals surface area contributed by atoms with Gasteiger partial charge in [-0.15, -0.1) is 0 Å². The monoisotopic (exact) mass is 260 g/mol. The minimum atomic E-state index is -0.210. The molecular formula is C13H16N4O2. The van der Waals surface area contributed by atoms with Crippen molar-refractivity contribution in [1.29, 1.82) is 0 Å². The highest BCUT2D eigenvalue weighted by atomic mass is 16.2. The minimum Gasteiger partial charge on any atom is -0.358 e. The molecule has 19 heavy (non-hydrogen) atoms. The number of fused-ring (bicyclic) bond motifs is 1. The Balaban J connectivity index is 1.88. The predicted molar refractivity (Wildman–Crippen MR) is 71.4 cm³/mol. The number of rotatable bonds is 5. The quantitative estimate of drug-likeness (QED) is 0.811. The molecule has 6 heteroatoms. The van der Waals surface area contributed by atoms with E-state index in [1.54, 1.807) is 10.9 Å². The summed E-state index contributed by atoms with van der Waals surface area (Å²) in [5, 5.41) is 10.3. The zero-order valence-electron chi connectivity index (χ0n) is 10.7. The summed E-state index contributed by atoms with van der Waals surface area (Å²) >= 11 is 0. The van der Waals surface area contributed by atoms with E-state index in [4.69, 9.17) is 0 Å². The molecule has 0 aliphatic carbocycles. The first-order valence-electron chi connectivity index (χ1n) is 6.08. The van der Waals surface area contributed by atoms with Crippen molar-refractivity contribution in [3.05, 3.63) is 30.5 Å². The van der Waals surface area contributed by atoms with Crippen LogP contribution in [0.1, 0.15) is 6.42 Å². The van der Waals surface area contributed by atoms with E-state index in [0.29, 0.717) is 13.0 Å². The fourth-order valence-corrected chi connectivity index (χ4v) is 1.77. The van der Waals surface area contributed by atoms with Crippen molar-refractivity contribution in [1.82, 2.24) is 20.4 Å². The van der Waals surface area contributed by atoms with Gasteiger partial charge in [0.15, 0.2) is 0 Å². The lowest BCUT2D eigenvalue weighted by molar-refractivity contribution is -0.126. The molecule has 0 saturated heterocycles. The molecule has 0 aliphatic rings. The number of para-hydroxylation sites is 1. The molecule has 100 valence electrons. The van der Waals surface area contributed by atoms with E-state index in [9.17, 15) is 9.59 Å². The standard InChI is InChI=1S/C13H16N4O2/c1-14-13(19)9-15-12(18)6-7-17-11-5-3-2-4-10(11)8-16-17/h2-5,8H,6-7,9H2,1H3,(H,14,19)(H,15,18). The van der Waals surface area contributed by atoms with Crippen molar-refractivity contribution in [2.75, 3.05) is 13.6 Å². The lowest BCUT2D eigenvalue weighted by atomic mass is 10.2. The minimum absolute atomic E-state index is 0.00912. The van der Waals surface area contributed by atoms with Crippen molar-refractivity contribution >= 4 is 22.7 Å².